The maximum absolute atomic E-state index is 12.1. The molecule has 0 aliphatic carbocycles. The highest BCUT2D eigenvalue weighted by atomic mass is 35.5. The molecule has 13 heteroatoms. The van der Waals surface area contributed by atoms with Crippen molar-refractivity contribution in [1.29, 1.82) is 0 Å². The number of methoxy groups -OCH3 is 1. The number of nitrogens with zero attached hydrogens (tertiary/aromatic N) is 5. The number of hydrogen-bond donors (Lipinski definition) is 0. The molecule has 5 rings (SSSR count). The maximum Gasteiger partial charge on any atom is 0.308 e. The second-order valence-corrected chi connectivity index (χ2v) is 10.2. The molecule has 0 bridgehead atoms. The van der Waals surface area contributed by atoms with Gasteiger partial charge in [-0.3, -0.25) is 19.0 Å². The SMILES string of the molecule is COC(=O)C[C@H]1O[C@@H](n2cnc3c(N4CCCC(c5ccccc5)C4)nc(Cl)nc32)[C@H](OC(C)=O)[C@@H]1OC(C)=O. The molecule has 0 radical (unpaired) electrons. The average Bonchev–Trinajstić information content (AvgIpc) is 3.49. The zero-order chi connectivity index (χ0) is 28.4. The first-order valence-electron chi connectivity index (χ1n) is 13.0. The van der Waals surface area contributed by atoms with Crippen LogP contribution < -0.4 is 4.90 Å². The number of aromatic nitrogens is 4. The van der Waals surface area contributed by atoms with Crippen LogP contribution in [0.2, 0.25) is 5.28 Å². The summed E-state index contributed by atoms with van der Waals surface area (Å²) < 4.78 is 23.5. The molecule has 0 saturated carbocycles. The lowest BCUT2D eigenvalue weighted by molar-refractivity contribution is -0.165. The van der Waals surface area contributed by atoms with E-state index in [0.29, 0.717) is 22.9 Å². The Hall–Kier alpha value is -3.77. The van der Waals surface area contributed by atoms with Crippen molar-refractivity contribution in [2.45, 2.75) is 63.6 Å². The lowest BCUT2D eigenvalue weighted by atomic mass is 9.91. The van der Waals surface area contributed by atoms with Crippen LogP contribution in [0.3, 0.4) is 0 Å². The third-order valence-corrected chi connectivity index (χ3v) is 7.30. The van der Waals surface area contributed by atoms with Crippen LogP contribution in [0.1, 0.15) is 50.8 Å². The van der Waals surface area contributed by atoms with Gasteiger partial charge in [-0.25, -0.2) is 4.98 Å². The van der Waals surface area contributed by atoms with Gasteiger partial charge < -0.3 is 23.8 Å². The minimum Gasteiger partial charge on any atom is -0.469 e. The Kier molecular flexibility index (Phi) is 8.17. The minimum absolute atomic E-state index is 0.00997. The molecule has 12 nitrogen and oxygen atoms in total. The van der Waals surface area contributed by atoms with Crippen LogP contribution in [-0.4, -0.2) is 75.9 Å². The molecule has 2 aliphatic rings. The molecular weight excluding hydrogens is 542 g/mol. The molecule has 0 spiro atoms. The van der Waals surface area contributed by atoms with Crippen LogP contribution in [0.4, 0.5) is 5.82 Å². The Labute approximate surface area is 235 Å². The Bertz CT molecular complexity index is 1400. The quantitative estimate of drug-likeness (QED) is 0.235. The molecule has 0 N–H and O–H groups in total. The van der Waals surface area contributed by atoms with E-state index in [1.165, 1.54) is 32.8 Å². The van der Waals surface area contributed by atoms with Gasteiger partial charge in [0.1, 0.15) is 6.10 Å². The zero-order valence-corrected chi connectivity index (χ0v) is 23.1. The van der Waals surface area contributed by atoms with E-state index in [1.807, 2.05) is 18.2 Å². The molecule has 212 valence electrons. The number of halogens is 1. The largest absolute Gasteiger partial charge is 0.469 e. The average molecular weight is 572 g/mol. The maximum atomic E-state index is 12.1. The number of carbonyl (C=O) groups is 3. The molecule has 1 unspecified atom stereocenters. The Morgan fingerprint density at radius 2 is 1.80 bits per heavy atom. The van der Waals surface area contributed by atoms with Gasteiger partial charge >= 0.3 is 17.9 Å². The van der Waals surface area contributed by atoms with Gasteiger partial charge in [-0.2, -0.15) is 9.97 Å². The number of benzene rings is 1. The van der Waals surface area contributed by atoms with Crippen LogP contribution in [0, 0.1) is 0 Å². The first kappa shape index (κ1) is 27.8. The highest BCUT2D eigenvalue weighted by Crippen LogP contribution is 2.39. The second-order valence-electron chi connectivity index (χ2n) is 9.83. The fourth-order valence-corrected chi connectivity index (χ4v) is 5.60. The number of piperidine rings is 1. The van der Waals surface area contributed by atoms with Crippen LogP contribution in [0.5, 0.6) is 0 Å². The van der Waals surface area contributed by atoms with E-state index in [0.717, 1.165) is 25.9 Å². The van der Waals surface area contributed by atoms with E-state index in [2.05, 4.69) is 32.0 Å². The highest BCUT2D eigenvalue weighted by molar-refractivity contribution is 6.28. The second kappa shape index (κ2) is 11.8. The van der Waals surface area contributed by atoms with Crippen LogP contribution in [-0.2, 0) is 33.3 Å². The van der Waals surface area contributed by atoms with Gasteiger partial charge in [0.15, 0.2) is 35.4 Å². The van der Waals surface area contributed by atoms with Gasteiger partial charge in [0.25, 0.3) is 0 Å². The lowest BCUT2D eigenvalue weighted by Crippen LogP contribution is -2.39. The molecule has 1 aromatic carbocycles. The standard InChI is InChI=1S/C27H30ClN5O7/c1-15(34)38-22-19(12-20(36)37-3)40-26(23(22)39-16(2)35)33-14-29-21-24(30-27(28)31-25(21)33)32-11-7-10-18(13-32)17-8-5-4-6-9-17/h4-6,8-9,14,18-19,22-23,26H,7,10-13H2,1-3H3/t18?,19-,22-,23-,26-/m1/s1. The molecular formula is C27H30ClN5O7. The van der Waals surface area contributed by atoms with Crippen molar-refractivity contribution in [2.75, 3.05) is 25.1 Å². The summed E-state index contributed by atoms with van der Waals surface area (Å²) in [6.07, 6.45) is -0.871. The van der Waals surface area contributed by atoms with Crippen molar-refractivity contribution in [1.82, 2.24) is 19.5 Å². The Morgan fingerprint density at radius 3 is 2.50 bits per heavy atom. The van der Waals surface area contributed by atoms with Gasteiger partial charge in [0, 0.05) is 32.9 Å². The van der Waals surface area contributed by atoms with Gasteiger partial charge in [0.05, 0.1) is 19.9 Å². The molecule has 2 fully saturated rings. The summed E-state index contributed by atoms with van der Waals surface area (Å²) in [6, 6.07) is 10.3. The molecule has 2 aromatic heterocycles. The van der Waals surface area contributed by atoms with Crippen molar-refractivity contribution in [3.05, 3.63) is 47.5 Å². The third kappa shape index (κ3) is 5.73. The molecule has 4 heterocycles. The molecule has 2 saturated heterocycles. The summed E-state index contributed by atoms with van der Waals surface area (Å²) in [4.78, 5) is 51.8. The van der Waals surface area contributed by atoms with Crippen molar-refractivity contribution in [3.8, 4) is 0 Å². The van der Waals surface area contributed by atoms with E-state index in [-0.39, 0.29) is 11.7 Å². The summed E-state index contributed by atoms with van der Waals surface area (Å²) in [6.45, 7) is 3.95. The summed E-state index contributed by atoms with van der Waals surface area (Å²) in [5.41, 5.74) is 2.09. The number of carbonyl (C=O) groups excluding carboxylic acids is 3. The number of ether oxygens (including phenoxy) is 4. The molecule has 2 aliphatic heterocycles. The van der Waals surface area contributed by atoms with Gasteiger partial charge in [-0.15, -0.1) is 0 Å². The molecule has 3 aromatic rings. The number of hydrogen-bond acceptors (Lipinski definition) is 11. The van der Waals surface area contributed by atoms with E-state index < -0.39 is 42.4 Å². The number of imidazole rings is 1. The Morgan fingerprint density at radius 1 is 1.07 bits per heavy atom. The van der Waals surface area contributed by atoms with Crippen molar-refractivity contribution >= 4 is 46.5 Å². The number of esters is 3. The van der Waals surface area contributed by atoms with Crippen molar-refractivity contribution in [3.63, 3.8) is 0 Å². The summed E-state index contributed by atoms with van der Waals surface area (Å²) in [7, 11) is 1.24. The zero-order valence-electron chi connectivity index (χ0n) is 22.4. The first-order chi connectivity index (χ1) is 19.2. The van der Waals surface area contributed by atoms with E-state index >= 15 is 0 Å². The van der Waals surface area contributed by atoms with E-state index in [4.69, 9.17) is 30.5 Å². The fraction of sp³-hybridized carbons (Fsp3) is 0.481. The molecule has 40 heavy (non-hydrogen) atoms. The summed E-state index contributed by atoms with van der Waals surface area (Å²) >= 11 is 6.42. The minimum atomic E-state index is -1.09. The number of anilines is 1. The Balaban J connectivity index is 1.52. The van der Waals surface area contributed by atoms with Gasteiger partial charge in [-0.05, 0) is 30.0 Å². The van der Waals surface area contributed by atoms with Gasteiger partial charge in [-0.1, -0.05) is 30.3 Å². The molecule has 5 atom stereocenters. The fourth-order valence-electron chi connectivity index (χ4n) is 5.44. The van der Waals surface area contributed by atoms with Gasteiger partial charge in [0.2, 0.25) is 5.28 Å². The normalized spacial score (nSPS) is 24.6. The lowest BCUT2D eigenvalue weighted by Gasteiger charge is -2.34. The monoisotopic (exact) mass is 571 g/mol. The summed E-state index contributed by atoms with van der Waals surface area (Å²) in [5, 5.41) is 0.00997. The van der Waals surface area contributed by atoms with Crippen LogP contribution in [0.25, 0.3) is 11.2 Å². The van der Waals surface area contributed by atoms with Crippen LogP contribution in [0.15, 0.2) is 36.7 Å². The van der Waals surface area contributed by atoms with E-state index in [1.54, 1.807) is 4.57 Å². The van der Waals surface area contributed by atoms with Crippen molar-refractivity contribution < 1.29 is 33.3 Å². The predicted octanol–water partition coefficient (Wildman–Crippen LogP) is 3.19. The highest BCUT2D eigenvalue weighted by Gasteiger charge is 2.51. The third-order valence-electron chi connectivity index (χ3n) is 7.13. The summed E-state index contributed by atoms with van der Waals surface area (Å²) in [5.74, 6) is -0.921. The first-order valence-corrected chi connectivity index (χ1v) is 13.4. The molecule has 0 amide bonds. The topological polar surface area (TPSA) is 135 Å². The number of fused-ring (bicyclic) bond motifs is 1. The van der Waals surface area contributed by atoms with E-state index in [9.17, 15) is 14.4 Å². The smallest absolute Gasteiger partial charge is 0.308 e. The number of rotatable bonds is 7. The van der Waals surface area contributed by atoms with Crippen molar-refractivity contribution in [2.24, 2.45) is 0 Å². The van der Waals surface area contributed by atoms with Crippen LogP contribution >= 0.6 is 11.6 Å². The predicted molar refractivity (Wildman–Crippen MR) is 143 cm³/mol.